The van der Waals surface area contributed by atoms with Crippen molar-refractivity contribution < 1.29 is 4.79 Å². The van der Waals surface area contributed by atoms with Gasteiger partial charge < -0.3 is 10.2 Å². The molecule has 2 aromatic heterocycles. The average Bonchev–Trinajstić information content (AvgIpc) is 3.08. The number of anilines is 1. The van der Waals surface area contributed by atoms with Gasteiger partial charge in [0.1, 0.15) is 30.0 Å². The lowest BCUT2D eigenvalue weighted by Crippen LogP contribution is -2.34. The zero-order chi connectivity index (χ0) is 18.5. The van der Waals surface area contributed by atoms with E-state index in [0.29, 0.717) is 5.69 Å². The topological polar surface area (TPSA) is 75.9 Å². The standard InChI is InChI=1S/C19H26N6OS/c26-19(23-15-5-3-1-2-4-6-15)16-12-25(14-22-16)18-11-17(20-13-21-18)24-7-9-27-10-8-24/h11-15H,1-10H2,(H,23,26). The summed E-state index contributed by atoms with van der Waals surface area (Å²) in [5.41, 5.74) is 0.439. The molecule has 3 heterocycles. The lowest BCUT2D eigenvalue weighted by atomic mass is 10.1. The van der Waals surface area contributed by atoms with Crippen molar-refractivity contribution in [3.63, 3.8) is 0 Å². The van der Waals surface area contributed by atoms with Crippen LogP contribution < -0.4 is 10.2 Å². The zero-order valence-corrected chi connectivity index (χ0v) is 16.3. The fraction of sp³-hybridized carbons (Fsp3) is 0.579. The number of aromatic nitrogens is 4. The fourth-order valence-corrected chi connectivity index (χ4v) is 4.60. The molecule has 1 amide bonds. The summed E-state index contributed by atoms with van der Waals surface area (Å²) in [6, 6.07) is 2.23. The van der Waals surface area contributed by atoms with Crippen LogP contribution in [0.2, 0.25) is 0 Å². The maximum atomic E-state index is 12.6. The Balaban J connectivity index is 1.44. The van der Waals surface area contributed by atoms with Gasteiger partial charge in [-0.15, -0.1) is 0 Å². The van der Waals surface area contributed by atoms with Crippen LogP contribution in [0.25, 0.3) is 5.82 Å². The summed E-state index contributed by atoms with van der Waals surface area (Å²) in [7, 11) is 0. The molecular formula is C19H26N6OS. The zero-order valence-electron chi connectivity index (χ0n) is 15.5. The van der Waals surface area contributed by atoms with Gasteiger partial charge >= 0.3 is 0 Å². The molecule has 1 aliphatic heterocycles. The molecule has 2 fully saturated rings. The lowest BCUT2D eigenvalue weighted by Gasteiger charge is -2.27. The van der Waals surface area contributed by atoms with Crippen LogP contribution in [0.3, 0.4) is 0 Å². The Morgan fingerprint density at radius 1 is 1.04 bits per heavy atom. The van der Waals surface area contributed by atoms with Gasteiger partial charge in [0.2, 0.25) is 0 Å². The molecule has 0 unspecified atom stereocenters. The molecule has 0 bridgehead atoms. The number of hydrogen-bond donors (Lipinski definition) is 1. The minimum Gasteiger partial charge on any atom is -0.355 e. The van der Waals surface area contributed by atoms with Crippen molar-refractivity contribution in [2.75, 3.05) is 29.5 Å². The van der Waals surface area contributed by atoms with E-state index in [1.165, 1.54) is 25.7 Å². The molecule has 0 aromatic carbocycles. The normalized spacial score (nSPS) is 18.9. The maximum absolute atomic E-state index is 12.6. The molecule has 1 N–H and O–H groups in total. The highest BCUT2D eigenvalue weighted by molar-refractivity contribution is 7.99. The van der Waals surface area contributed by atoms with E-state index in [2.05, 4.69) is 25.2 Å². The van der Waals surface area contributed by atoms with Crippen molar-refractivity contribution in [2.45, 2.75) is 44.6 Å². The van der Waals surface area contributed by atoms with Crippen molar-refractivity contribution >= 4 is 23.5 Å². The minimum atomic E-state index is -0.0945. The summed E-state index contributed by atoms with van der Waals surface area (Å²) in [5.74, 6) is 3.81. The van der Waals surface area contributed by atoms with Gasteiger partial charge in [0.15, 0.2) is 0 Å². The molecule has 1 saturated carbocycles. The van der Waals surface area contributed by atoms with Crippen molar-refractivity contribution in [2.24, 2.45) is 0 Å². The Morgan fingerprint density at radius 2 is 1.78 bits per heavy atom. The quantitative estimate of drug-likeness (QED) is 0.814. The molecule has 0 spiro atoms. The van der Waals surface area contributed by atoms with E-state index in [-0.39, 0.29) is 11.9 Å². The molecule has 2 aromatic rings. The SMILES string of the molecule is O=C(NC1CCCCCC1)c1cn(-c2cc(N3CCSCC3)ncn2)cn1. The Kier molecular flexibility index (Phi) is 5.91. The Bertz CT molecular complexity index is 765. The van der Waals surface area contributed by atoms with E-state index in [9.17, 15) is 4.79 Å². The number of hydrogen-bond acceptors (Lipinski definition) is 6. The number of nitrogens with zero attached hydrogens (tertiary/aromatic N) is 5. The molecule has 27 heavy (non-hydrogen) atoms. The van der Waals surface area contributed by atoms with E-state index >= 15 is 0 Å². The minimum absolute atomic E-state index is 0.0945. The molecule has 1 aliphatic carbocycles. The molecule has 2 aliphatic rings. The van der Waals surface area contributed by atoms with Crippen molar-refractivity contribution in [1.82, 2.24) is 24.8 Å². The monoisotopic (exact) mass is 386 g/mol. The van der Waals surface area contributed by atoms with Crippen LogP contribution in [0, 0.1) is 0 Å². The summed E-state index contributed by atoms with van der Waals surface area (Å²) < 4.78 is 1.80. The predicted octanol–water partition coefficient (Wildman–Crippen LogP) is 2.67. The largest absolute Gasteiger partial charge is 0.355 e. The van der Waals surface area contributed by atoms with Gasteiger partial charge in [-0.2, -0.15) is 11.8 Å². The second-order valence-corrected chi connectivity index (χ2v) is 8.39. The van der Waals surface area contributed by atoms with Crippen LogP contribution in [0.1, 0.15) is 49.0 Å². The van der Waals surface area contributed by atoms with Crippen LogP contribution >= 0.6 is 11.8 Å². The van der Waals surface area contributed by atoms with Gasteiger partial charge in [-0.05, 0) is 12.8 Å². The number of rotatable bonds is 4. The van der Waals surface area contributed by atoms with E-state index in [1.54, 1.807) is 23.4 Å². The molecule has 8 heteroatoms. The number of carbonyl (C=O) groups excluding carboxylic acids is 1. The summed E-state index contributed by atoms with van der Waals surface area (Å²) in [6.45, 7) is 2.00. The van der Waals surface area contributed by atoms with Crippen LogP contribution in [0.15, 0.2) is 24.9 Å². The van der Waals surface area contributed by atoms with Gasteiger partial charge in [0, 0.05) is 42.9 Å². The second kappa shape index (κ2) is 8.73. The third-order valence-electron chi connectivity index (χ3n) is 5.24. The molecule has 1 saturated heterocycles. The number of amides is 1. The summed E-state index contributed by atoms with van der Waals surface area (Å²) in [5, 5.41) is 3.14. The van der Waals surface area contributed by atoms with Crippen LogP contribution in [0.5, 0.6) is 0 Å². The Labute approximate surface area is 164 Å². The van der Waals surface area contributed by atoms with Crippen LogP contribution in [-0.2, 0) is 0 Å². The number of imidazole rings is 1. The average molecular weight is 387 g/mol. The summed E-state index contributed by atoms with van der Waals surface area (Å²) in [6.07, 6.45) is 12.0. The van der Waals surface area contributed by atoms with E-state index in [4.69, 9.17) is 0 Å². The van der Waals surface area contributed by atoms with Gasteiger partial charge in [-0.25, -0.2) is 15.0 Å². The maximum Gasteiger partial charge on any atom is 0.271 e. The fourth-order valence-electron chi connectivity index (χ4n) is 3.69. The van der Waals surface area contributed by atoms with E-state index in [0.717, 1.165) is 49.1 Å². The molecule has 7 nitrogen and oxygen atoms in total. The highest BCUT2D eigenvalue weighted by Crippen LogP contribution is 2.19. The molecular weight excluding hydrogens is 360 g/mol. The first-order chi connectivity index (χ1) is 13.3. The van der Waals surface area contributed by atoms with Crippen molar-refractivity contribution in [3.8, 4) is 5.82 Å². The van der Waals surface area contributed by atoms with E-state index < -0.39 is 0 Å². The lowest BCUT2D eigenvalue weighted by molar-refractivity contribution is 0.0929. The Hall–Kier alpha value is -2.09. The first kappa shape index (κ1) is 18.3. The molecule has 0 atom stereocenters. The molecule has 144 valence electrons. The smallest absolute Gasteiger partial charge is 0.271 e. The highest BCUT2D eigenvalue weighted by atomic mass is 32.2. The van der Waals surface area contributed by atoms with Crippen LogP contribution in [-0.4, -0.2) is 56.1 Å². The third kappa shape index (κ3) is 4.61. The number of carbonyl (C=O) groups is 1. The van der Waals surface area contributed by atoms with Gasteiger partial charge in [0.25, 0.3) is 5.91 Å². The van der Waals surface area contributed by atoms with Gasteiger partial charge in [-0.1, -0.05) is 25.7 Å². The second-order valence-electron chi connectivity index (χ2n) is 7.16. The highest BCUT2D eigenvalue weighted by Gasteiger charge is 2.18. The Morgan fingerprint density at radius 3 is 2.56 bits per heavy atom. The first-order valence-corrected chi connectivity index (χ1v) is 10.9. The number of nitrogens with one attached hydrogen (secondary N) is 1. The van der Waals surface area contributed by atoms with Gasteiger partial charge in [0.05, 0.1) is 0 Å². The van der Waals surface area contributed by atoms with Crippen molar-refractivity contribution in [1.29, 1.82) is 0 Å². The van der Waals surface area contributed by atoms with E-state index in [1.807, 2.05) is 17.8 Å². The molecule has 0 radical (unpaired) electrons. The molecule has 4 rings (SSSR count). The summed E-state index contributed by atoms with van der Waals surface area (Å²) in [4.78, 5) is 27.9. The summed E-state index contributed by atoms with van der Waals surface area (Å²) >= 11 is 1.97. The predicted molar refractivity (Wildman–Crippen MR) is 108 cm³/mol. The van der Waals surface area contributed by atoms with Gasteiger partial charge in [-0.3, -0.25) is 9.36 Å². The first-order valence-electron chi connectivity index (χ1n) is 9.79. The van der Waals surface area contributed by atoms with Crippen molar-refractivity contribution in [3.05, 3.63) is 30.6 Å². The van der Waals surface area contributed by atoms with Crippen LogP contribution in [0.4, 0.5) is 5.82 Å². The third-order valence-corrected chi connectivity index (χ3v) is 6.19. The number of thioether (sulfide) groups is 1.